The molecule has 0 unspecified atom stereocenters. The lowest BCUT2D eigenvalue weighted by Gasteiger charge is -2.18. The Labute approximate surface area is 214 Å². The van der Waals surface area contributed by atoms with E-state index in [0.29, 0.717) is 16.9 Å². The normalized spacial score (nSPS) is 27.5. The molecule has 6 atom stereocenters. The number of rotatable bonds is 8. The molecule has 2 aliphatic rings. The van der Waals surface area contributed by atoms with Gasteiger partial charge in [0.05, 0.1) is 30.6 Å². The maximum atomic E-state index is 12.6. The van der Waals surface area contributed by atoms with Crippen LogP contribution in [0.1, 0.15) is 36.4 Å². The monoisotopic (exact) mass is 538 g/mol. The molecule has 0 spiro atoms. The number of nitrogens with zero attached hydrogens (tertiary/aromatic N) is 3. The van der Waals surface area contributed by atoms with E-state index in [1.54, 1.807) is 13.8 Å². The Balaban J connectivity index is 1.29. The molecule has 0 saturated carbocycles. The van der Waals surface area contributed by atoms with E-state index >= 15 is 0 Å². The highest BCUT2D eigenvalue weighted by Crippen LogP contribution is 2.30. The summed E-state index contributed by atoms with van der Waals surface area (Å²) in [5.74, 6) is 0.161. The zero-order chi connectivity index (χ0) is 26.9. The minimum atomic E-state index is -0.849. The van der Waals surface area contributed by atoms with Gasteiger partial charge in [-0.2, -0.15) is 4.98 Å². The highest BCUT2D eigenvalue weighted by atomic mass is 32.2. The number of carbonyl (C=O) groups is 1. The van der Waals surface area contributed by atoms with Gasteiger partial charge in [-0.1, -0.05) is 0 Å². The van der Waals surface area contributed by atoms with Crippen LogP contribution in [-0.4, -0.2) is 77.7 Å². The molecule has 6 N–H and O–H groups in total. The number of nitrogens with two attached hydrogens (primary N) is 1. The van der Waals surface area contributed by atoms with Crippen LogP contribution in [0.2, 0.25) is 0 Å². The van der Waals surface area contributed by atoms with Gasteiger partial charge in [0.15, 0.2) is 0 Å². The summed E-state index contributed by atoms with van der Waals surface area (Å²) in [5, 5.41) is 22.9. The van der Waals surface area contributed by atoms with Crippen LogP contribution >= 0.6 is 11.8 Å². The molecular formula is C22H30N6O8S. The zero-order valence-corrected chi connectivity index (χ0v) is 21.1. The van der Waals surface area contributed by atoms with Crippen molar-refractivity contribution < 1.29 is 24.5 Å². The first-order valence-corrected chi connectivity index (χ1v) is 12.9. The molecular weight excluding hydrogens is 508 g/mol. The van der Waals surface area contributed by atoms with E-state index in [9.17, 15) is 29.4 Å². The fourth-order valence-corrected chi connectivity index (χ4v) is 5.28. The number of H-pyrrole nitrogens is 1. The van der Waals surface area contributed by atoms with Crippen LogP contribution in [0.4, 0.5) is 5.82 Å². The lowest BCUT2D eigenvalue weighted by Crippen LogP contribution is -2.43. The summed E-state index contributed by atoms with van der Waals surface area (Å²) in [6.07, 6.45) is -0.260. The van der Waals surface area contributed by atoms with Gasteiger partial charge in [0, 0.05) is 42.1 Å². The lowest BCUT2D eigenvalue weighted by molar-refractivity contribution is -0.119. The summed E-state index contributed by atoms with van der Waals surface area (Å²) >= 11 is 1.24. The van der Waals surface area contributed by atoms with Crippen molar-refractivity contribution in [2.45, 2.75) is 63.5 Å². The number of thioether (sulfide) groups is 1. The lowest BCUT2D eigenvalue weighted by atomic mass is 10.1. The first kappa shape index (κ1) is 27.1. The SMILES string of the molecule is Cc1cn([C@H]2C[C@@H](NC(=O)CSC[C@H]3O[C@@H](n4cc(C)c(=O)[nH]c4=O)C[C@@H]3O)[C@@H](CO)O2)c(=O)nc1N. The molecule has 15 heteroatoms. The molecule has 1 amide bonds. The van der Waals surface area contributed by atoms with E-state index in [0.717, 1.165) is 0 Å². The van der Waals surface area contributed by atoms with Crippen LogP contribution in [0.3, 0.4) is 0 Å². The van der Waals surface area contributed by atoms with Gasteiger partial charge < -0.3 is 30.7 Å². The Kier molecular flexibility index (Phi) is 8.18. The molecule has 202 valence electrons. The van der Waals surface area contributed by atoms with Gasteiger partial charge in [0.25, 0.3) is 5.56 Å². The summed E-state index contributed by atoms with van der Waals surface area (Å²) < 4.78 is 14.1. The van der Waals surface area contributed by atoms with Crippen LogP contribution in [0.5, 0.6) is 0 Å². The molecule has 2 aliphatic heterocycles. The minimum absolute atomic E-state index is 0.0523. The van der Waals surface area contributed by atoms with Crippen molar-refractivity contribution in [3.05, 3.63) is 54.8 Å². The molecule has 0 bridgehead atoms. The third-order valence-corrected chi connectivity index (χ3v) is 7.45. The molecule has 0 aliphatic carbocycles. The van der Waals surface area contributed by atoms with Crippen molar-refractivity contribution in [2.24, 2.45) is 0 Å². The van der Waals surface area contributed by atoms with Crippen molar-refractivity contribution >= 4 is 23.5 Å². The van der Waals surface area contributed by atoms with Crippen molar-refractivity contribution in [1.82, 2.24) is 24.4 Å². The summed E-state index contributed by atoms with van der Waals surface area (Å²) in [5.41, 5.74) is 4.94. The number of carbonyl (C=O) groups excluding carboxylic acids is 1. The van der Waals surface area contributed by atoms with Crippen molar-refractivity contribution in [1.29, 1.82) is 0 Å². The van der Waals surface area contributed by atoms with E-state index in [2.05, 4.69) is 15.3 Å². The van der Waals surface area contributed by atoms with Crippen molar-refractivity contribution in [3.63, 3.8) is 0 Å². The van der Waals surface area contributed by atoms with Crippen LogP contribution in [0.15, 0.2) is 26.8 Å². The van der Waals surface area contributed by atoms with Crippen LogP contribution in [0.25, 0.3) is 0 Å². The topological polar surface area (TPSA) is 204 Å². The number of nitrogen functional groups attached to an aromatic ring is 1. The third kappa shape index (κ3) is 5.96. The van der Waals surface area contributed by atoms with E-state index in [1.807, 2.05) is 0 Å². The maximum absolute atomic E-state index is 12.6. The van der Waals surface area contributed by atoms with Crippen molar-refractivity contribution in [3.8, 4) is 0 Å². The van der Waals surface area contributed by atoms with Gasteiger partial charge in [0.1, 0.15) is 24.4 Å². The number of aromatic amines is 1. The second-order valence-electron chi connectivity index (χ2n) is 9.15. The Bertz CT molecular complexity index is 1330. The molecule has 2 aromatic heterocycles. The second kappa shape index (κ2) is 11.2. The van der Waals surface area contributed by atoms with E-state index in [1.165, 1.54) is 33.3 Å². The Morgan fingerprint density at radius 1 is 1.16 bits per heavy atom. The van der Waals surface area contributed by atoms with Crippen molar-refractivity contribution in [2.75, 3.05) is 23.8 Å². The first-order chi connectivity index (χ1) is 17.6. The zero-order valence-electron chi connectivity index (χ0n) is 20.3. The van der Waals surface area contributed by atoms with Gasteiger partial charge in [-0.3, -0.25) is 23.7 Å². The largest absolute Gasteiger partial charge is 0.394 e. The fourth-order valence-electron chi connectivity index (χ4n) is 4.36. The average Bonchev–Trinajstić information content (AvgIpc) is 3.41. The molecule has 14 nitrogen and oxygen atoms in total. The molecule has 2 saturated heterocycles. The molecule has 4 heterocycles. The Morgan fingerprint density at radius 3 is 2.57 bits per heavy atom. The van der Waals surface area contributed by atoms with Gasteiger partial charge in [-0.15, -0.1) is 11.8 Å². The second-order valence-corrected chi connectivity index (χ2v) is 10.2. The summed E-state index contributed by atoms with van der Waals surface area (Å²) in [6, 6.07) is -0.527. The average molecular weight is 539 g/mol. The quantitative estimate of drug-likeness (QED) is 0.252. The number of hydrogen-bond acceptors (Lipinski definition) is 11. The van der Waals surface area contributed by atoms with Gasteiger partial charge in [0.2, 0.25) is 5.91 Å². The molecule has 2 fully saturated rings. The molecule has 0 aromatic carbocycles. The van der Waals surface area contributed by atoms with E-state index in [4.69, 9.17) is 15.2 Å². The highest BCUT2D eigenvalue weighted by molar-refractivity contribution is 7.99. The Morgan fingerprint density at radius 2 is 1.84 bits per heavy atom. The van der Waals surface area contributed by atoms with Crippen LogP contribution in [0, 0.1) is 13.8 Å². The standard InChI is InChI=1S/C22H30N6O8S/c1-10-5-27(21(33)25-19(10)23)17-3-12(14(7-29)35-17)24-16(31)9-37-8-15-13(30)4-18(36-15)28-6-11(2)20(32)26-22(28)34/h5-6,12-15,17-18,29-30H,3-4,7-9H2,1-2H3,(H,24,31)(H2,23,25,33)(H,26,32,34)/t12-,13+,14-,15-,17-,18-/m1/s1. The summed E-state index contributed by atoms with van der Waals surface area (Å²) in [6.45, 7) is 2.93. The molecule has 37 heavy (non-hydrogen) atoms. The molecule has 4 rings (SSSR count). The number of nitrogens with one attached hydrogen (secondary N) is 2. The minimum Gasteiger partial charge on any atom is -0.394 e. The van der Waals surface area contributed by atoms with Crippen LogP contribution < -0.4 is 28.0 Å². The number of aliphatic hydroxyl groups is 2. The number of aliphatic hydroxyl groups excluding tert-OH is 2. The maximum Gasteiger partial charge on any atom is 0.351 e. The van der Waals surface area contributed by atoms with Gasteiger partial charge >= 0.3 is 11.4 Å². The predicted molar refractivity (Wildman–Crippen MR) is 133 cm³/mol. The third-order valence-electron chi connectivity index (χ3n) is 6.42. The Hall–Kier alpha value is -2.98. The predicted octanol–water partition coefficient (Wildman–Crippen LogP) is -1.86. The van der Waals surface area contributed by atoms with Gasteiger partial charge in [-0.05, 0) is 13.8 Å². The number of aromatic nitrogens is 4. The highest BCUT2D eigenvalue weighted by Gasteiger charge is 2.38. The number of hydrogen-bond donors (Lipinski definition) is 5. The first-order valence-electron chi connectivity index (χ1n) is 11.7. The number of amides is 1. The molecule has 0 radical (unpaired) electrons. The number of anilines is 1. The fraction of sp³-hybridized carbons (Fsp3) is 0.591. The molecule has 2 aromatic rings. The summed E-state index contributed by atoms with van der Waals surface area (Å²) in [7, 11) is 0. The van der Waals surface area contributed by atoms with Gasteiger partial charge in [-0.25, -0.2) is 9.59 Å². The number of ether oxygens (including phenoxy) is 2. The van der Waals surface area contributed by atoms with E-state index < -0.39 is 53.7 Å². The smallest absolute Gasteiger partial charge is 0.351 e. The van der Waals surface area contributed by atoms with Crippen LogP contribution in [-0.2, 0) is 14.3 Å². The van der Waals surface area contributed by atoms with E-state index in [-0.39, 0.29) is 36.9 Å². The summed E-state index contributed by atoms with van der Waals surface area (Å²) in [4.78, 5) is 54.5. The number of aryl methyl sites for hydroxylation is 2.